The molecule has 3 N–H and O–H groups in total. The third-order valence-electron chi connectivity index (χ3n) is 5.30. The number of nitrogens with two attached hydrogens (primary N) is 1. The van der Waals surface area contributed by atoms with Gasteiger partial charge in [-0.3, -0.25) is 0 Å². The molecule has 1 aromatic heterocycles. The van der Waals surface area contributed by atoms with E-state index in [1.54, 1.807) is 6.07 Å². The van der Waals surface area contributed by atoms with E-state index in [9.17, 15) is 26.3 Å². The first kappa shape index (κ1) is 31.5. The van der Waals surface area contributed by atoms with Crippen LogP contribution < -0.4 is 20.1 Å². The molecule has 0 radical (unpaired) electrons. The van der Waals surface area contributed by atoms with E-state index >= 15 is 0 Å². The summed E-state index contributed by atoms with van der Waals surface area (Å²) >= 11 is 1.52. The van der Waals surface area contributed by atoms with Crippen LogP contribution in [0.4, 0.5) is 31.5 Å². The van der Waals surface area contributed by atoms with Crippen molar-refractivity contribution in [2.24, 2.45) is 5.73 Å². The van der Waals surface area contributed by atoms with Gasteiger partial charge >= 0.3 is 18.3 Å². The highest BCUT2D eigenvalue weighted by Crippen LogP contribution is 2.34. The van der Waals surface area contributed by atoms with Gasteiger partial charge in [0.25, 0.3) is 0 Å². The monoisotopic (exact) mass is 601 g/mol. The Morgan fingerprint density at radius 2 is 1.54 bits per heavy atom. The summed E-state index contributed by atoms with van der Waals surface area (Å²) in [5.41, 5.74) is 6.73. The third-order valence-corrected chi connectivity index (χ3v) is 6.43. The molecule has 0 aliphatic heterocycles. The van der Waals surface area contributed by atoms with E-state index in [-0.39, 0.29) is 0 Å². The smallest absolute Gasteiger partial charge is 0.490 e. The number of hydrogen-bond donors (Lipinski definition) is 2. The average Bonchev–Trinajstić information content (AvgIpc) is 3.33. The molecule has 1 heterocycles. The molecule has 0 unspecified atom stereocenters. The Labute approximate surface area is 234 Å². The number of aromatic nitrogens is 1. The summed E-state index contributed by atoms with van der Waals surface area (Å²) < 4.78 is 82.3. The van der Waals surface area contributed by atoms with Gasteiger partial charge in [-0.2, -0.15) is 26.3 Å². The van der Waals surface area contributed by atoms with E-state index in [4.69, 9.17) is 30.1 Å². The van der Waals surface area contributed by atoms with Crippen LogP contribution in [-0.4, -0.2) is 42.4 Å². The lowest BCUT2D eigenvalue weighted by Gasteiger charge is -2.16. The maximum absolute atomic E-state index is 12.7. The number of benzene rings is 3. The second-order valence-electron chi connectivity index (χ2n) is 8.54. The molecule has 4 aromatic rings. The lowest BCUT2D eigenvalue weighted by molar-refractivity contribution is -0.192. The molecule has 0 spiro atoms. The van der Waals surface area contributed by atoms with Gasteiger partial charge in [-0.05, 0) is 67.1 Å². The molecular weight excluding hydrogens is 576 g/mol. The van der Waals surface area contributed by atoms with Crippen molar-refractivity contribution in [3.8, 4) is 17.2 Å². The van der Waals surface area contributed by atoms with Crippen LogP contribution in [0.2, 0.25) is 0 Å². The van der Waals surface area contributed by atoms with Crippen LogP contribution in [0.25, 0.3) is 10.2 Å². The zero-order valence-corrected chi connectivity index (χ0v) is 22.3. The quantitative estimate of drug-likeness (QED) is 0.156. The van der Waals surface area contributed by atoms with E-state index in [0.717, 1.165) is 45.2 Å². The summed E-state index contributed by atoms with van der Waals surface area (Å²) in [6.07, 6.45) is -8.64. The van der Waals surface area contributed by atoms with Crippen molar-refractivity contribution in [2.75, 3.05) is 25.1 Å². The predicted molar refractivity (Wildman–Crippen MR) is 143 cm³/mol. The lowest BCUT2D eigenvalue weighted by Crippen LogP contribution is -2.21. The standard InChI is InChI=1S/C25H24F3N3O2S.C2HF3O2/c1-31(16-17-3-7-19(8-4-17)32-14-2-13-29)24-30-22-12-11-21(15-23(22)34-24)33-20-9-5-18(6-10-20)25(26,27)28;3-2(4,5)1(6)7/h3-12,15H,2,13-14,16,29H2,1H3;(H,6,7). The molecule has 220 valence electrons. The molecule has 0 saturated heterocycles. The third kappa shape index (κ3) is 9.53. The van der Waals surface area contributed by atoms with Crippen molar-refractivity contribution >= 4 is 32.7 Å². The van der Waals surface area contributed by atoms with Gasteiger partial charge in [-0.25, -0.2) is 9.78 Å². The van der Waals surface area contributed by atoms with Crippen LogP contribution in [0.1, 0.15) is 17.5 Å². The Bertz CT molecular complexity index is 1420. The van der Waals surface area contributed by atoms with Crippen molar-refractivity contribution in [3.05, 3.63) is 77.9 Å². The lowest BCUT2D eigenvalue weighted by atomic mass is 10.2. The van der Waals surface area contributed by atoms with Crippen molar-refractivity contribution in [3.63, 3.8) is 0 Å². The molecule has 0 fully saturated rings. The minimum absolute atomic E-state index is 0.338. The van der Waals surface area contributed by atoms with Gasteiger partial charge in [-0.15, -0.1) is 0 Å². The summed E-state index contributed by atoms with van der Waals surface area (Å²) in [6, 6.07) is 18.0. The van der Waals surface area contributed by atoms with Crippen molar-refractivity contribution in [1.29, 1.82) is 0 Å². The first-order valence-corrected chi connectivity index (χ1v) is 12.8. The molecule has 41 heavy (non-hydrogen) atoms. The topological polar surface area (TPSA) is 97.9 Å². The number of halogens is 6. The number of thiazole rings is 1. The molecule has 0 bridgehead atoms. The van der Waals surface area contributed by atoms with Crippen molar-refractivity contribution in [2.45, 2.75) is 25.3 Å². The highest BCUT2D eigenvalue weighted by Gasteiger charge is 2.38. The predicted octanol–water partition coefficient (Wildman–Crippen LogP) is 7.10. The van der Waals surface area contributed by atoms with Gasteiger partial charge in [-0.1, -0.05) is 23.5 Å². The van der Waals surface area contributed by atoms with Gasteiger partial charge in [0.2, 0.25) is 0 Å². The highest BCUT2D eigenvalue weighted by molar-refractivity contribution is 7.22. The number of carboxylic acid groups (broad SMARTS) is 1. The summed E-state index contributed by atoms with van der Waals surface area (Å²) in [6.45, 7) is 1.89. The Hall–Kier alpha value is -4.04. The normalized spacial score (nSPS) is 11.5. The molecule has 3 aromatic carbocycles. The summed E-state index contributed by atoms with van der Waals surface area (Å²) in [5.74, 6) is -1.06. The van der Waals surface area contributed by atoms with Crippen LogP contribution >= 0.6 is 11.3 Å². The number of fused-ring (bicyclic) bond motifs is 1. The first-order chi connectivity index (χ1) is 19.3. The number of aliphatic carboxylic acids is 1. The molecule has 14 heteroatoms. The van der Waals surface area contributed by atoms with Crippen LogP contribution in [0.15, 0.2) is 66.7 Å². The second-order valence-corrected chi connectivity index (χ2v) is 9.55. The fourth-order valence-electron chi connectivity index (χ4n) is 3.27. The fourth-order valence-corrected chi connectivity index (χ4v) is 4.23. The van der Waals surface area contributed by atoms with Gasteiger partial charge in [0.1, 0.15) is 17.2 Å². The van der Waals surface area contributed by atoms with Gasteiger partial charge < -0.3 is 25.2 Å². The van der Waals surface area contributed by atoms with Crippen LogP contribution in [0.5, 0.6) is 17.2 Å². The Morgan fingerprint density at radius 3 is 2.10 bits per heavy atom. The number of rotatable bonds is 9. The van der Waals surface area contributed by atoms with E-state index in [2.05, 4.69) is 4.90 Å². The maximum Gasteiger partial charge on any atom is 0.490 e. The number of alkyl halides is 6. The van der Waals surface area contributed by atoms with Crippen LogP contribution in [0, 0.1) is 0 Å². The molecule has 0 saturated carbocycles. The summed E-state index contributed by atoms with van der Waals surface area (Å²) in [7, 11) is 1.98. The molecule has 4 rings (SSSR count). The van der Waals surface area contributed by atoms with E-state index in [1.165, 1.54) is 23.5 Å². The highest BCUT2D eigenvalue weighted by atomic mass is 32.1. The Balaban J connectivity index is 0.000000587. The summed E-state index contributed by atoms with van der Waals surface area (Å²) in [4.78, 5) is 15.6. The molecule has 7 nitrogen and oxygen atoms in total. The fraction of sp³-hybridized carbons (Fsp3) is 0.259. The first-order valence-electron chi connectivity index (χ1n) is 11.9. The van der Waals surface area contributed by atoms with E-state index in [0.29, 0.717) is 31.2 Å². The molecule has 0 amide bonds. The molecule has 0 aliphatic rings. The average molecular weight is 602 g/mol. The van der Waals surface area contributed by atoms with Gasteiger partial charge in [0.05, 0.1) is 22.4 Å². The number of carbonyl (C=O) groups is 1. The number of hydrogen-bond acceptors (Lipinski definition) is 7. The SMILES string of the molecule is CN(Cc1ccc(OCCCN)cc1)c1nc2ccc(Oc3ccc(C(F)(F)F)cc3)cc2s1.O=C(O)C(F)(F)F. The second kappa shape index (κ2) is 13.5. The largest absolute Gasteiger partial charge is 0.494 e. The zero-order chi connectivity index (χ0) is 30.2. The number of nitrogens with zero attached hydrogens (tertiary/aromatic N) is 2. The van der Waals surface area contributed by atoms with Gasteiger partial charge in [0.15, 0.2) is 5.13 Å². The Kier molecular flexibility index (Phi) is 10.4. The number of ether oxygens (including phenoxy) is 2. The van der Waals surface area contributed by atoms with Crippen LogP contribution in [-0.2, 0) is 17.5 Å². The minimum atomic E-state index is -5.08. The molecule has 0 aliphatic carbocycles. The summed E-state index contributed by atoms with van der Waals surface area (Å²) in [5, 5.41) is 7.98. The number of anilines is 1. The number of carboxylic acids is 1. The van der Waals surface area contributed by atoms with E-state index in [1.807, 2.05) is 43.4 Å². The molecular formula is C27H25F6N3O4S. The van der Waals surface area contributed by atoms with Crippen LogP contribution in [0.3, 0.4) is 0 Å². The van der Waals surface area contributed by atoms with Gasteiger partial charge in [0, 0.05) is 19.7 Å². The molecule has 0 atom stereocenters. The van der Waals surface area contributed by atoms with Crippen molar-refractivity contribution in [1.82, 2.24) is 4.98 Å². The zero-order valence-electron chi connectivity index (χ0n) is 21.5. The minimum Gasteiger partial charge on any atom is -0.494 e. The van der Waals surface area contributed by atoms with E-state index < -0.39 is 23.9 Å². The Morgan fingerprint density at radius 1 is 0.951 bits per heavy atom. The van der Waals surface area contributed by atoms with Crippen molar-refractivity contribution < 1.29 is 45.7 Å². The maximum atomic E-state index is 12.7.